The van der Waals surface area contributed by atoms with Crippen molar-refractivity contribution in [1.29, 1.82) is 0 Å². The molecule has 2 aliphatic heterocycles. The third kappa shape index (κ3) is 4.00. The molecule has 3 heterocycles. The fourth-order valence-electron chi connectivity index (χ4n) is 4.99. The summed E-state index contributed by atoms with van der Waals surface area (Å²) in [5, 5.41) is 0. The summed E-state index contributed by atoms with van der Waals surface area (Å²) in [5.41, 5.74) is 2.53. The lowest BCUT2D eigenvalue weighted by molar-refractivity contribution is 0.186. The van der Waals surface area contributed by atoms with Crippen molar-refractivity contribution < 1.29 is 13.2 Å². The molecule has 2 atom stereocenters. The summed E-state index contributed by atoms with van der Waals surface area (Å²) in [6.45, 7) is 1.34. The van der Waals surface area contributed by atoms with Gasteiger partial charge in [0.05, 0.1) is 12.0 Å². The van der Waals surface area contributed by atoms with Gasteiger partial charge in [-0.2, -0.15) is 4.31 Å². The van der Waals surface area contributed by atoms with E-state index in [1.54, 1.807) is 47.4 Å². The van der Waals surface area contributed by atoms with Gasteiger partial charge in [0.1, 0.15) is 5.75 Å². The third-order valence-electron chi connectivity index (χ3n) is 6.67. The van der Waals surface area contributed by atoms with E-state index in [9.17, 15) is 13.2 Å². The van der Waals surface area contributed by atoms with Gasteiger partial charge >= 0.3 is 0 Å². The van der Waals surface area contributed by atoms with E-state index in [-0.39, 0.29) is 22.3 Å². The first kappa shape index (κ1) is 22.3. The molecule has 5 rings (SSSR count). The SMILES string of the molecule is COc1ccc(S(=O)(=O)N2C[C@H]3C[C@H](C2)c2ccc(-c4ccc(SC)cc4)c(=O)n2C3)cc1. The minimum absolute atomic E-state index is 0.00515. The number of hydrogen-bond donors (Lipinski definition) is 0. The Balaban J connectivity index is 1.45. The Labute approximate surface area is 198 Å². The molecular weight excluding hydrogens is 456 g/mol. The maximum atomic E-state index is 13.4. The number of rotatable bonds is 5. The van der Waals surface area contributed by atoms with Crippen LogP contribution in [0.1, 0.15) is 18.0 Å². The Bertz CT molecular complexity index is 1330. The number of methoxy groups -OCH3 is 1. The van der Waals surface area contributed by atoms with Crippen molar-refractivity contribution in [2.75, 3.05) is 26.5 Å². The summed E-state index contributed by atoms with van der Waals surface area (Å²) in [6.07, 6.45) is 2.93. The highest BCUT2D eigenvalue weighted by molar-refractivity contribution is 7.98. The topological polar surface area (TPSA) is 68.6 Å². The first-order valence-electron chi connectivity index (χ1n) is 10.9. The highest BCUT2D eigenvalue weighted by Gasteiger charge is 2.39. The molecule has 6 nitrogen and oxygen atoms in total. The summed E-state index contributed by atoms with van der Waals surface area (Å²) in [4.78, 5) is 14.8. The molecule has 0 aliphatic carbocycles. The Hall–Kier alpha value is -2.55. The molecule has 0 saturated carbocycles. The van der Waals surface area contributed by atoms with Crippen LogP contribution in [-0.2, 0) is 16.6 Å². The second-order valence-electron chi connectivity index (χ2n) is 8.61. The average Bonchev–Trinajstić information content (AvgIpc) is 2.85. The number of benzene rings is 2. The van der Waals surface area contributed by atoms with Crippen LogP contribution in [0.4, 0.5) is 0 Å². The van der Waals surface area contributed by atoms with Crippen molar-refractivity contribution in [2.24, 2.45) is 5.92 Å². The Morgan fingerprint density at radius 2 is 1.67 bits per heavy atom. The summed E-state index contributed by atoms with van der Waals surface area (Å²) in [5.74, 6) is 0.735. The van der Waals surface area contributed by atoms with Crippen LogP contribution < -0.4 is 10.3 Å². The van der Waals surface area contributed by atoms with E-state index in [0.717, 1.165) is 22.6 Å². The van der Waals surface area contributed by atoms with Gasteiger partial charge in [-0.05, 0) is 72.7 Å². The van der Waals surface area contributed by atoms with Crippen LogP contribution in [0.15, 0.2) is 75.2 Å². The van der Waals surface area contributed by atoms with E-state index in [4.69, 9.17) is 4.74 Å². The van der Waals surface area contributed by atoms with Gasteiger partial charge in [-0.15, -0.1) is 11.8 Å². The number of pyridine rings is 1. The molecule has 1 saturated heterocycles. The van der Waals surface area contributed by atoms with E-state index in [2.05, 4.69) is 0 Å². The van der Waals surface area contributed by atoms with Crippen molar-refractivity contribution in [1.82, 2.24) is 8.87 Å². The monoisotopic (exact) mass is 482 g/mol. The standard InChI is InChI=1S/C25H26N2O4S2/c1-31-20-5-9-22(10-6-20)33(29,30)26-14-17-13-19(16-26)24-12-11-23(25(28)27(24)15-17)18-3-7-21(32-2)8-4-18/h3-12,17,19H,13-16H2,1-2H3/t17-,19-/m1/s1. The van der Waals surface area contributed by atoms with Crippen LogP contribution in [0.2, 0.25) is 0 Å². The van der Waals surface area contributed by atoms with Crippen LogP contribution in [0.25, 0.3) is 11.1 Å². The lowest BCUT2D eigenvalue weighted by Crippen LogP contribution is -2.49. The number of thioether (sulfide) groups is 1. The zero-order valence-electron chi connectivity index (χ0n) is 18.6. The predicted molar refractivity (Wildman–Crippen MR) is 131 cm³/mol. The minimum atomic E-state index is -3.61. The van der Waals surface area contributed by atoms with E-state index in [0.29, 0.717) is 30.9 Å². The van der Waals surface area contributed by atoms with E-state index < -0.39 is 10.0 Å². The van der Waals surface area contributed by atoms with Gasteiger partial charge in [0.2, 0.25) is 10.0 Å². The number of ether oxygens (including phenoxy) is 1. The predicted octanol–water partition coefficient (Wildman–Crippen LogP) is 4.05. The number of nitrogens with zero attached hydrogens (tertiary/aromatic N) is 2. The van der Waals surface area contributed by atoms with Crippen LogP contribution in [0, 0.1) is 5.92 Å². The lowest BCUT2D eigenvalue weighted by Gasteiger charge is -2.42. The van der Waals surface area contributed by atoms with E-state index in [1.165, 1.54) is 0 Å². The van der Waals surface area contributed by atoms with Crippen molar-refractivity contribution >= 4 is 21.8 Å². The second kappa shape index (κ2) is 8.66. The van der Waals surface area contributed by atoms with Gasteiger partial charge in [-0.3, -0.25) is 4.79 Å². The summed E-state index contributed by atoms with van der Waals surface area (Å²) >= 11 is 1.67. The number of sulfonamides is 1. The molecule has 0 amide bonds. The molecule has 0 radical (unpaired) electrons. The molecule has 0 N–H and O–H groups in total. The Morgan fingerprint density at radius 1 is 0.939 bits per heavy atom. The van der Waals surface area contributed by atoms with Gasteiger partial charge < -0.3 is 9.30 Å². The molecule has 1 aromatic heterocycles. The molecule has 0 spiro atoms. The van der Waals surface area contributed by atoms with Crippen molar-refractivity contribution in [3.63, 3.8) is 0 Å². The Morgan fingerprint density at radius 3 is 2.33 bits per heavy atom. The highest BCUT2D eigenvalue weighted by Crippen LogP contribution is 2.38. The molecule has 2 aliphatic rings. The molecule has 3 aromatic rings. The van der Waals surface area contributed by atoms with Gasteiger partial charge in [-0.25, -0.2) is 8.42 Å². The second-order valence-corrected chi connectivity index (χ2v) is 11.4. The maximum Gasteiger partial charge on any atom is 0.258 e. The van der Waals surface area contributed by atoms with Crippen LogP contribution in [-0.4, -0.2) is 43.7 Å². The van der Waals surface area contributed by atoms with Crippen LogP contribution in [0.5, 0.6) is 5.75 Å². The molecule has 1 fully saturated rings. The molecule has 172 valence electrons. The van der Waals surface area contributed by atoms with Crippen molar-refractivity contribution in [3.8, 4) is 16.9 Å². The normalized spacial score (nSPS) is 20.3. The first-order chi connectivity index (χ1) is 15.9. The fourth-order valence-corrected chi connectivity index (χ4v) is 6.95. The van der Waals surface area contributed by atoms with Gasteiger partial charge in [0.15, 0.2) is 0 Å². The average molecular weight is 483 g/mol. The molecule has 8 heteroatoms. The van der Waals surface area contributed by atoms with E-state index in [1.807, 2.05) is 47.2 Å². The fraction of sp³-hybridized carbons (Fsp3) is 0.320. The molecular formula is C25H26N2O4S2. The van der Waals surface area contributed by atoms with Gasteiger partial charge in [0, 0.05) is 41.7 Å². The summed E-state index contributed by atoms with van der Waals surface area (Å²) in [6, 6.07) is 18.4. The molecule has 2 aromatic carbocycles. The van der Waals surface area contributed by atoms with E-state index >= 15 is 0 Å². The number of hydrogen-bond acceptors (Lipinski definition) is 5. The summed E-state index contributed by atoms with van der Waals surface area (Å²) < 4.78 is 35.2. The number of fused-ring (bicyclic) bond motifs is 4. The number of aromatic nitrogens is 1. The quantitative estimate of drug-likeness (QED) is 0.513. The molecule has 0 unspecified atom stereocenters. The first-order valence-corrected chi connectivity index (χ1v) is 13.6. The molecule has 2 bridgehead atoms. The van der Waals surface area contributed by atoms with Crippen molar-refractivity contribution in [2.45, 2.75) is 28.7 Å². The van der Waals surface area contributed by atoms with Crippen molar-refractivity contribution in [3.05, 3.63) is 76.7 Å². The lowest BCUT2D eigenvalue weighted by atomic mass is 9.84. The Kier molecular flexibility index (Phi) is 5.84. The zero-order valence-corrected chi connectivity index (χ0v) is 20.2. The summed E-state index contributed by atoms with van der Waals surface area (Å²) in [7, 11) is -2.06. The highest BCUT2D eigenvalue weighted by atomic mass is 32.2. The number of piperidine rings is 1. The smallest absolute Gasteiger partial charge is 0.258 e. The zero-order chi connectivity index (χ0) is 23.2. The van der Waals surface area contributed by atoms with Gasteiger partial charge in [0.25, 0.3) is 5.56 Å². The third-order valence-corrected chi connectivity index (χ3v) is 9.26. The minimum Gasteiger partial charge on any atom is -0.497 e. The molecule has 33 heavy (non-hydrogen) atoms. The maximum absolute atomic E-state index is 13.4. The largest absolute Gasteiger partial charge is 0.497 e. The van der Waals surface area contributed by atoms with Gasteiger partial charge in [-0.1, -0.05) is 12.1 Å². The van der Waals surface area contributed by atoms with Crippen LogP contribution >= 0.6 is 11.8 Å². The van der Waals surface area contributed by atoms with Crippen LogP contribution in [0.3, 0.4) is 0 Å².